The van der Waals surface area contributed by atoms with Crippen molar-refractivity contribution in [1.82, 2.24) is 0 Å². The highest BCUT2D eigenvalue weighted by Gasteiger charge is 2.18. The Morgan fingerprint density at radius 2 is 1.86 bits per heavy atom. The Morgan fingerprint density at radius 1 is 1.14 bits per heavy atom. The van der Waals surface area contributed by atoms with Crippen LogP contribution in [-0.4, -0.2) is 12.9 Å². The Hall–Kier alpha value is -2.23. The Kier molecular flexibility index (Phi) is 4.36. The number of benzene rings is 2. The molecule has 2 aromatic carbocycles. The summed E-state index contributed by atoms with van der Waals surface area (Å²) >= 11 is 0. The third kappa shape index (κ3) is 2.94. The molecular weight excluding hydrogens is 274 g/mol. The molecule has 0 aliphatic rings. The molecule has 0 spiro atoms. The van der Waals surface area contributed by atoms with Crippen LogP contribution >= 0.6 is 0 Å². The number of Topliss-reactive ketones (excluding diaryl/α,β-unsaturated/α-hetero) is 1. The van der Waals surface area contributed by atoms with Crippen LogP contribution in [-0.2, 0) is 6.42 Å². The van der Waals surface area contributed by atoms with Crippen molar-refractivity contribution in [2.75, 3.05) is 7.11 Å². The minimum Gasteiger partial charge on any atom is -0.496 e. The first-order chi connectivity index (χ1) is 9.95. The van der Waals surface area contributed by atoms with Crippen LogP contribution in [0.2, 0.25) is 0 Å². The minimum absolute atomic E-state index is 0.0419. The first kappa shape index (κ1) is 15.2. The number of carbonyl (C=O) groups is 1. The molecule has 0 unspecified atom stereocenters. The van der Waals surface area contributed by atoms with Crippen molar-refractivity contribution in [3.05, 3.63) is 64.2 Å². The second-order valence-corrected chi connectivity index (χ2v) is 4.90. The van der Waals surface area contributed by atoms with E-state index in [0.29, 0.717) is 11.3 Å². The van der Waals surface area contributed by atoms with Crippen LogP contribution in [0.1, 0.15) is 27.0 Å². The van der Waals surface area contributed by atoms with E-state index >= 15 is 0 Å². The second-order valence-electron chi connectivity index (χ2n) is 4.90. The van der Waals surface area contributed by atoms with Crippen LogP contribution in [0.3, 0.4) is 0 Å². The van der Waals surface area contributed by atoms with Gasteiger partial charge in [0.25, 0.3) is 0 Å². The van der Waals surface area contributed by atoms with E-state index in [0.717, 1.165) is 17.2 Å². The van der Waals surface area contributed by atoms with E-state index in [1.165, 1.54) is 19.2 Å². The molecule has 0 bridgehead atoms. The van der Waals surface area contributed by atoms with Crippen molar-refractivity contribution in [1.29, 1.82) is 0 Å². The van der Waals surface area contributed by atoms with Gasteiger partial charge in [0, 0.05) is 6.42 Å². The lowest BCUT2D eigenvalue weighted by Crippen LogP contribution is -2.09. The highest BCUT2D eigenvalue weighted by atomic mass is 19.2. The normalized spacial score (nSPS) is 10.5. The molecule has 2 rings (SSSR count). The summed E-state index contributed by atoms with van der Waals surface area (Å²) in [4.78, 5) is 12.4. The average molecular weight is 290 g/mol. The van der Waals surface area contributed by atoms with Gasteiger partial charge in [-0.05, 0) is 42.7 Å². The highest BCUT2D eigenvalue weighted by Crippen LogP contribution is 2.27. The summed E-state index contributed by atoms with van der Waals surface area (Å²) in [6.45, 7) is 3.77. The lowest BCUT2D eigenvalue weighted by atomic mass is 9.97. The summed E-state index contributed by atoms with van der Waals surface area (Å²) in [6, 6.07) is 7.29. The molecule has 0 atom stereocenters. The van der Waals surface area contributed by atoms with E-state index in [1.54, 1.807) is 6.07 Å². The molecule has 0 heterocycles. The number of methoxy groups -OCH3 is 1. The quantitative estimate of drug-likeness (QED) is 0.795. The summed E-state index contributed by atoms with van der Waals surface area (Å²) in [5, 5.41) is 0. The van der Waals surface area contributed by atoms with Crippen LogP contribution in [0.5, 0.6) is 5.75 Å². The largest absolute Gasteiger partial charge is 0.496 e. The maximum atomic E-state index is 13.6. The number of hydrogen-bond acceptors (Lipinski definition) is 2. The summed E-state index contributed by atoms with van der Waals surface area (Å²) in [5.74, 6) is -1.75. The summed E-state index contributed by atoms with van der Waals surface area (Å²) in [5.41, 5.74) is 2.29. The number of hydrogen-bond donors (Lipinski definition) is 0. The van der Waals surface area contributed by atoms with Crippen LogP contribution < -0.4 is 4.74 Å². The van der Waals surface area contributed by atoms with Crippen molar-refractivity contribution >= 4 is 5.78 Å². The molecule has 0 aliphatic carbocycles. The maximum Gasteiger partial charge on any atom is 0.171 e. The molecule has 0 fully saturated rings. The van der Waals surface area contributed by atoms with Crippen molar-refractivity contribution in [3.8, 4) is 5.75 Å². The van der Waals surface area contributed by atoms with Gasteiger partial charge in [0.05, 0.1) is 12.7 Å². The Bertz CT molecular complexity index is 693. The van der Waals surface area contributed by atoms with E-state index in [-0.39, 0.29) is 17.8 Å². The zero-order valence-electron chi connectivity index (χ0n) is 12.2. The van der Waals surface area contributed by atoms with E-state index in [2.05, 4.69) is 0 Å². The van der Waals surface area contributed by atoms with Gasteiger partial charge in [0.15, 0.2) is 17.4 Å². The third-order valence-corrected chi connectivity index (χ3v) is 3.56. The average Bonchev–Trinajstić information content (AvgIpc) is 2.46. The zero-order valence-corrected chi connectivity index (χ0v) is 12.2. The standard InChI is InChI=1S/C17H16F2O2/c1-10-7-8-13(17(21-3)11(10)2)15(20)9-12-5-4-6-14(18)16(12)19/h4-8H,9H2,1-3H3. The highest BCUT2D eigenvalue weighted by molar-refractivity contribution is 6.00. The second kappa shape index (κ2) is 6.04. The summed E-state index contributed by atoms with van der Waals surface area (Å²) < 4.78 is 32.1. The van der Waals surface area contributed by atoms with Crippen LogP contribution in [0.15, 0.2) is 30.3 Å². The summed E-state index contributed by atoms with van der Waals surface area (Å²) in [6.07, 6.45) is -0.206. The van der Waals surface area contributed by atoms with Crippen molar-refractivity contribution < 1.29 is 18.3 Å². The van der Waals surface area contributed by atoms with Gasteiger partial charge in [-0.1, -0.05) is 18.2 Å². The molecule has 110 valence electrons. The summed E-state index contributed by atoms with van der Waals surface area (Å²) in [7, 11) is 1.49. The fourth-order valence-electron chi connectivity index (χ4n) is 2.23. The van der Waals surface area contributed by atoms with Gasteiger partial charge in [-0.25, -0.2) is 8.78 Å². The molecule has 0 radical (unpaired) electrons. The van der Waals surface area contributed by atoms with E-state index < -0.39 is 11.6 Å². The Morgan fingerprint density at radius 3 is 2.52 bits per heavy atom. The molecule has 0 aliphatic heterocycles. The molecule has 0 aromatic heterocycles. The van der Waals surface area contributed by atoms with E-state index in [4.69, 9.17) is 4.74 Å². The fraction of sp³-hybridized carbons (Fsp3) is 0.235. The number of ether oxygens (including phenoxy) is 1. The van der Waals surface area contributed by atoms with Gasteiger partial charge < -0.3 is 4.74 Å². The van der Waals surface area contributed by atoms with Gasteiger partial charge in [0.2, 0.25) is 0 Å². The molecule has 2 aromatic rings. The molecule has 4 heteroatoms. The smallest absolute Gasteiger partial charge is 0.171 e. The number of carbonyl (C=O) groups excluding carboxylic acids is 1. The SMILES string of the molecule is COc1c(C(=O)Cc2cccc(F)c2F)ccc(C)c1C. The number of halogens is 2. The predicted octanol–water partition coefficient (Wildman–Crippen LogP) is 4.02. The van der Waals surface area contributed by atoms with Gasteiger partial charge >= 0.3 is 0 Å². The monoisotopic (exact) mass is 290 g/mol. The van der Waals surface area contributed by atoms with Gasteiger partial charge in [-0.3, -0.25) is 4.79 Å². The first-order valence-corrected chi connectivity index (χ1v) is 6.56. The van der Waals surface area contributed by atoms with Crippen LogP contribution in [0.25, 0.3) is 0 Å². The first-order valence-electron chi connectivity index (χ1n) is 6.56. The number of aryl methyl sites for hydroxylation is 1. The van der Waals surface area contributed by atoms with Crippen molar-refractivity contribution in [3.63, 3.8) is 0 Å². The maximum absolute atomic E-state index is 13.6. The van der Waals surface area contributed by atoms with Gasteiger partial charge in [-0.2, -0.15) is 0 Å². The molecule has 0 N–H and O–H groups in total. The molecule has 0 saturated heterocycles. The molecule has 0 saturated carbocycles. The van der Waals surface area contributed by atoms with Crippen molar-refractivity contribution in [2.24, 2.45) is 0 Å². The van der Waals surface area contributed by atoms with Crippen molar-refractivity contribution in [2.45, 2.75) is 20.3 Å². The lowest BCUT2D eigenvalue weighted by Gasteiger charge is -2.13. The molecule has 2 nitrogen and oxygen atoms in total. The topological polar surface area (TPSA) is 26.3 Å². The molecule has 0 amide bonds. The Balaban J connectivity index is 2.37. The predicted molar refractivity (Wildman–Crippen MR) is 76.9 cm³/mol. The lowest BCUT2D eigenvalue weighted by molar-refractivity contribution is 0.0988. The number of rotatable bonds is 4. The van der Waals surface area contributed by atoms with E-state index in [9.17, 15) is 13.6 Å². The minimum atomic E-state index is -0.978. The Labute approximate surface area is 122 Å². The van der Waals surface area contributed by atoms with Gasteiger partial charge in [0.1, 0.15) is 5.75 Å². The molecule has 21 heavy (non-hydrogen) atoms. The molecular formula is C17H16F2O2. The van der Waals surface area contributed by atoms with Crippen LogP contribution in [0, 0.1) is 25.5 Å². The van der Waals surface area contributed by atoms with E-state index in [1.807, 2.05) is 19.9 Å². The fourth-order valence-corrected chi connectivity index (χ4v) is 2.23. The zero-order chi connectivity index (χ0) is 15.6. The van der Waals surface area contributed by atoms with Gasteiger partial charge in [-0.15, -0.1) is 0 Å². The third-order valence-electron chi connectivity index (χ3n) is 3.56. The number of ketones is 1. The van der Waals surface area contributed by atoms with Crippen LogP contribution in [0.4, 0.5) is 8.78 Å².